The van der Waals surface area contributed by atoms with Crippen molar-refractivity contribution in [2.45, 2.75) is 49.0 Å². The molecule has 0 aromatic heterocycles. The Hall–Kier alpha value is -2.46. The molecule has 158 valence electrons. The lowest BCUT2D eigenvalue weighted by molar-refractivity contribution is -0.134. The second kappa shape index (κ2) is 8.11. The van der Waals surface area contributed by atoms with Crippen molar-refractivity contribution >= 4 is 33.6 Å². The zero-order valence-corrected chi connectivity index (χ0v) is 17.4. The number of carbonyl (C=O) groups excluding carboxylic acids is 3. The van der Waals surface area contributed by atoms with Gasteiger partial charge in [0.1, 0.15) is 12.1 Å². The largest absolute Gasteiger partial charge is 0.325 e. The molecule has 1 heterocycles. The standard InChI is InChI=1S/C19H26N4O5S/c1-22(2)29(27,28)15-9-7-14(8-10-15)20-16(24)13-23-17(25)19(21-18(23)26)11-5-3-4-6-12-19/h7-10H,3-6,11-13H2,1-2H3,(H,20,24)(H,21,26). The first kappa shape index (κ1) is 21.3. The maximum atomic E-state index is 12.8. The van der Waals surface area contributed by atoms with E-state index in [4.69, 9.17) is 0 Å². The van der Waals surface area contributed by atoms with Crippen molar-refractivity contribution in [2.75, 3.05) is 26.0 Å². The molecule has 4 amide bonds. The number of sulfonamides is 1. The summed E-state index contributed by atoms with van der Waals surface area (Å²) in [7, 11) is -0.690. The summed E-state index contributed by atoms with van der Waals surface area (Å²) in [6.07, 6.45) is 4.99. The molecule has 1 aromatic rings. The monoisotopic (exact) mass is 422 g/mol. The molecular weight excluding hydrogens is 396 g/mol. The van der Waals surface area contributed by atoms with Crippen LogP contribution in [0, 0.1) is 0 Å². The minimum atomic E-state index is -3.56. The first-order valence-electron chi connectivity index (χ1n) is 9.62. The van der Waals surface area contributed by atoms with Gasteiger partial charge in [0, 0.05) is 19.8 Å². The van der Waals surface area contributed by atoms with Crippen LogP contribution in [0.2, 0.25) is 0 Å². The number of benzene rings is 1. The Morgan fingerprint density at radius 1 is 1.10 bits per heavy atom. The molecular formula is C19H26N4O5S. The van der Waals surface area contributed by atoms with Crippen LogP contribution < -0.4 is 10.6 Å². The van der Waals surface area contributed by atoms with Crippen LogP contribution in [0.25, 0.3) is 0 Å². The van der Waals surface area contributed by atoms with E-state index in [9.17, 15) is 22.8 Å². The van der Waals surface area contributed by atoms with E-state index in [-0.39, 0.29) is 17.3 Å². The van der Waals surface area contributed by atoms with Gasteiger partial charge in [-0.1, -0.05) is 25.7 Å². The Morgan fingerprint density at radius 2 is 1.69 bits per heavy atom. The molecule has 1 aromatic carbocycles. The zero-order chi connectivity index (χ0) is 21.2. The van der Waals surface area contributed by atoms with Crippen molar-refractivity contribution in [3.63, 3.8) is 0 Å². The molecule has 0 bridgehead atoms. The SMILES string of the molecule is CN(C)S(=O)(=O)c1ccc(NC(=O)CN2C(=O)NC3(CCCCCC3)C2=O)cc1. The van der Waals surface area contributed by atoms with Crippen molar-refractivity contribution < 1.29 is 22.8 Å². The Kier molecular flexibility index (Phi) is 5.95. The van der Waals surface area contributed by atoms with Crippen LogP contribution in [0.5, 0.6) is 0 Å². The van der Waals surface area contributed by atoms with E-state index < -0.39 is 27.5 Å². The second-order valence-corrected chi connectivity index (χ2v) is 9.83. The first-order chi connectivity index (χ1) is 13.7. The van der Waals surface area contributed by atoms with Gasteiger partial charge < -0.3 is 10.6 Å². The van der Waals surface area contributed by atoms with Gasteiger partial charge in [0.15, 0.2) is 0 Å². The van der Waals surface area contributed by atoms with Crippen LogP contribution in [0.3, 0.4) is 0 Å². The molecule has 0 atom stereocenters. The molecule has 1 spiro atoms. The highest BCUT2D eigenvalue weighted by Crippen LogP contribution is 2.32. The van der Waals surface area contributed by atoms with Crippen LogP contribution >= 0.6 is 0 Å². The van der Waals surface area contributed by atoms with Crippen LogP contribution in [0.15, 0.2) is 29.2 Å². The smallest absolute Gasteiger partial charge is 0.325 e. The predicted octanol–water partition coefficient (Wildman–Crippen LogP) is 1.52. The first-order valence-corrected chi connectivity index (χ1v) is 11.1. The van der Waals surface area contributed by atoms with Gasteiger partial charge in [-0.2, -0.15) is 0 Å². The third-order valence-corrected chi connectivity index (χ3v) is 7.25. The predicted molar refractivity (Wildman–Crippen MR) is 107 cm³/mol. The van der Waals surface area contributed by atoms with Crippen LogP contribution in [-0.2, 0) is 19.6 Å². The summed E-state index contributed by atoms with van der Waals surface area (Å²) in [4.78, 5) is 38.6. The number of hydrogen-bond donors (Lipinski definition) is 2. The minimum absolute atomic E-state index is 0.102. The van der Waals surface area contributed by atoms with Gasteiger partial charge in [0.25, 0.3) is 5.91 Å². The Bertz CT molecular complexity index is 903. The van der Waals surface area contributed by atoms with Crippen LogP contribution in [-0.4, -0.2) is 61.6 Å². The van der Waals surface area contributed by atoms with E-state index in [1.807, 2.05) is 0 Å². The highest BCUT2D eigenvalue weighted by molar-refractivity contribution is 7.89. The highest BCUT2D eigenvalue weighted by Gasteiger charge is 2.51. The number of anilines is 1. The molecule has 10 heteroatoms. The van der Waals surface area contributed by atoms with E-state index in [0.29, 0.717) is 18.5 Å². The summed E-state index contributed by atoms with van der Waals surface area (Å²) in [6.45, 7) is -0.385. The fourth-order valence-electron chi connectivity index (χ4n) is 3.76. The summed E-state index contributed by atoms with van der Waals surface area (Å²) in [5, 5.41) is 5.40. The molecule has 1 aliphatic carbocycles. The van der Waals surface area contributed by atoms with Crippen LogP contribution in [0.4, 0.5) is 10.5 Å². The topological polar surface area (TPSA) is 116 Å². The molecule has 0 radical (unpaired) electrons. The summed E-state index contributed by atoms with van der Waals surface area (Å²) >= 11 is 0. The summed E-state index contributed by atoms with van der Waals surface area (Å²) < 4.78 is 25.3. The summed E-state index contributed by atoms with van der Waals surface area (Å²) in [5.41, 5.74) is -0.500. The second-order valence-electron chi connectivity index (χ2n) is 7.68. The van der Waals surface area contributed by atoms with E-state index in [1.165, 1.54) is 38.4 Å². The molecule has 1 saturated carbocycles. The number of urea groups is 1. The van der Waals surface area contributed by atoms with Crippen molar-refractivity contribution in [2.24, 2.45) is 0 Å². The van der Waals surface area contributed by atoms with Crippen molar-refractivity contribution in [1.29, 1.82) is 0 Å². The third kappa shape index (κ3) is 4.27. The highest BCUT2D eigenvalue weighted by atomic mass is 32.2. The van der Waals surface area contributed by atoms with Gasteiger partial charge in [0.2, 0.25) is 15.9 Å². The lowest BCUT2D eigenvalue weighted by Gasteiger charge is -2.24. The normalized spacial score (nSPS) is 19.3. The Morgan fingerprint density at radius 3 is 2.24 bits per heavy atom. The average molecular weight is 423 g/mol. The fourth-order valence-corrected chi connectivity index (χ4v) is 4.66. The molecule has 29 heavy (non-hydrogen) atoms. The van der Waals surface area contributed by atoms with Crippen LogP contribution in [0.1, 0.15) is 38.5 Å². The lowest BCUT2D eigenvalue weighted by Crippen LogP contribution is -2.47. The average Bonchev–Trinajstić information content (AvgIpc) is 2.83. The van der Waals surface area contributed by atoms with Gasteiger partial charge in [-0.15, -0.1) is 0 Å². The van der Waals surface area contributed by atoms with Gasteiger partial charge in [-0.05, 0) is 37.1 Å². The van der Waals surface area contributed by atoms with Gasteiger partial charge in [0.05, 0.1) is 4.90 Å². The maximum absolute atomic E-state index is 12.8. The Balaban J connectivity index is 1.65. The zero-order valence-electron chi connectivity index (χ0n) is 16.6. The van der Waals surface area contributed by atoms with E-state index in [0.717, 1.165) is 34.9 Å². The maximum Gasteiger partial charge on any atom is 0.325 e. The van der Waals surface area contributed by atoms with Crippen molar-refractivity contribution in [3.8, 4) is 0 Å². The number of nitrogens with one attached hydrogen (secondary N) is 2. The number of carbonyl (C=O) groups is 3. The van der Waals surface area contributed by atoms with Gasteiger partial charge in [-0.25, -0.2) is 17.5 Å². The Labute approximate surface area is 170 Å². The summed E-state index contributed by atoms with van der Waals surface area (Å²) in [5.74, 6) is -0.866. The van der Waals surface area contributed by atoms with Gasteiger partial charge in [-0.3, -0.25) is 14.5 Å². The molecule has 1 aliphatic heterocycles. The molecule has 0 unspecified atom stereocenters. The van der Waals surface area contributed by atoms with Crippen molar-refractivity contribution in [1.82, 2.24) is 14.5 Å². The lowest BCUT2D eigenvalue weighted by atomic mass is 9.90. The molecule has 2 fully saturated rings. The molecule has 2 aliphatic rings. The molecule has 1 saturated heterocycles. The van der Waals surface area contributed by atoms with E-state index in [1.54, 1.807) is 0 Å². The number of nitrogens with zero attached hydrogens (tertiary/aromatic N) is 2. The molecule has 9 nitrogen and oxygen atoms in total. The minimum Gasteiger partial charge on any atom is -0.325 e. The van der Waals surface area contributed by atoms with E-state index in [2.05, 4.69) is 10.6 Å². The summed E-state index contributed by atoms with van der Waals surface area (Å²) in [6, 6.07) is 5.16. The number of rotatable bonds is 5. The third-order valence-electron chi connectivity index (χ3n) is 5.42. The quantitative estimate of drug-likeness (QED) is 0.698. The van der Waals surface area contributed by atoms with Crippen molar-refractivity contribution in [3.05, 3.63) is 24.3 Å². The number of amides is 4. The molecule has 3 rings (SSSR count). The van der Waals surface area contributed by atoms with Gasteiger partial charge >= 0.3 is 6.03 Å². The number of imide groups is 1. The van der Waals surface area contributed by atoms with E-state index >= 15 is 0 Å². The number of hydrogen-bond acceptors (Lipinski definition) is 5. The molecule has 2 N–H and O–H groups in total. The fraction of sp³-hybridized carbons (Fsp3) is 0.526.